The first-order valence-electron chi connectivity index (χ1n) is 12.1. The molecule has 2 fully saturated rings. The Balaban J connectivity index is 1.10. The molecule has 6 rings (SSSR count). The van der Waals surface area contributed by atoms with E-state index in [0.29, 0.717) is 6.04 Å². The highest BCUT2D eigenvalue weighted by Gasteiger charge is 2.27. The minimum Gasteiger partial charge on any atom is -0.370 e. The molecule has 0 radical (unpaired) electrons. The van der Waals surface area contributed by atoms with Crippen molar-refractivity contribution >= 4 is 27.8 Å². The number of aryl methyl sites for hydroxylation is 2. The first-order valence-corrected chi connectivity index (χ1v) is 12.1. The number of rotatable bonds is 7. The van der Waals surface area contributed by atoms with Crippen molar-refractivity contribution in [3.05, 3.63) is 60.2 Å². The minimum atomic E-state index is 0.560. The lowest BCUT2D eigenvalue weighted by molar-refractivity contribution is 0.461. The standard InChI is InChI=1S/C27H31N5/c1-18-24-12-13-32(27(24)30-17-29-18)23-10-7-19(14-23)2-3-20-6-8-22-9-11-26(31-25(22)15-20)28-16-21-4-5-21/h6,8-9,11-13,15,17,19,21,23H,2-5,7,10,14,16H2,1H3,(H,28,31). The third-order valence-electron chi connectivity index (χ3n) is 7.48. The Morgan fingerprint density at radius 2 is 1.88 bits per heavy atom. The fraction of sp³-hybridized carbons (Fsp3) is 0.444. The van der Waals surface area contributed by atoms with Crippen LogP contribution in [0.1, 0.15) is 55.8 Å². The molecule has 5 nitrogen and oxygen atoms in total. The number of nitrogens with zero attached hydrogens (tertiary/aromatic N) is 4. The Bertz CT molecular complexity index is 1260. The van der Waals surface area contributed by atoms with Gasteiger partial charge in [0.15, 0.2) is 0 Å². The van der Waals surface area contributed by atoms with Gasteiger partial charge in [-0.15, -0.1) is 0 Å². The number of nitrogens with one attached hydrogen (secondary N) is 1. The van der Waals surface area contributed by atoms with Gasteiger partial charge < -0.3 is 9.88 Å². The molecule has 1 N–H and O–H groups in total. The number of aromatic nitrogens is 4. The molecule has 1 aromatic carbocycles. The van der Waals surface area contributed by atoms with E-state index >= 15 is 0 Å². The van der Waals surface area contributed by atoms with Crippen molar-refractivity contribution in [2.75, 3.05) is 11.9 Å². The third kappa shape index (κ3) is 3.96. The van der Waals surface area contributed by atoms with Gasteiger partial charge in [0.2, 0.25) is 0 Å². The molecule has 2 saturated carbocycles. The zero-order chi connectivity index (χ0) is 21.5. The van der Waals surface area contributed by atoms with Crippen LogP contribution < -0.4 is 5.32 Å². The van der Waals surface area contributed by atoms with Crippen molar-refractivity contribution in [2.45, 2.75) is 57.9 Å². The largest absolute Gasteiger partial charge is 0.370 e. The van der Waals surface area contributed by atoms with Crippen LogP contribution in [0.4, 0.5) is 5.82 Å². The molecule has 3 aromatic heterocycles. The van der Waals surface area contributed by atoms with Crippen molar-refractivity contribution in [1.29, 1.82) is 0 Å². The van der Waals surface area contributed by atoms with E-state index in [4.69, 9.17) is 4.98 Å². The Morgan fingerprint density at radius 3 is 2.78 bits per heavy atom. The second-order valence-corrected chi connectivity index (χ2v) is 9.84. The molecule has 2 aliphatic carbocycles. The van der Waals surface area contributed by atoms with Crippen LogP contribution in [0.2, 0.25) is 0 Å². The Hall–Kier alpha value is -2.95. The second kappa shape index (κ2) is 8.19. The Morgan fingerprint density at radius 1 is 1.00 bits per heavy atom. The van der Waals surface area contributed by atoms with E-state index < -0.39 is 0 Å². The predicted octanol–water partition coefficient (Wildman–Crippen LogP) is 6.08. The molecule has 0 amide bonds. The zero-order valence-corrected chi connectivity index (χ0v) is 18.8. The van der Waals surface area contributed by atoms with Crippen LogP contribution >= 0.6 is 0 Å². The Labute approximate surface area is 189 Å². The summed E-state index contributed by atoms with van der Waals surface area (Å²) in [5.41, 5.74) is 4.68. The van der Waals surface area contributed by atoms with E-state index in [2.05, 4.69) is 69.4 Å². The molecule has 2 aliphatic rings. The molecule has 2 unspecified atom stereocenters. The normalized spacial score (nSPS) is 20.9. The molecule has 0 spiro atoms. The third-order valence-corrected chi connectivity index (χ3v) is 7.48. The average molecular weight is 426 g/mol. The molecular formula is C27H31N5. The van der Waals surface area contributed by atoms with E-state index in [-0.39, 0.29) is 0 Å². The summed E-state index contributed by atoms with van der Waals surface area (Å²) >= 11 is 0. The van der Waals surface area contributed by atoms with E-state index in [0.717, 1.165) is 47.5 Å². The van der Waals surface area contributed by atoms with Gasteiger partial charge in [-0.3, -0.25) is 0 Å². The van der Waals surface area contributed by atoms with Gasteiger partial charge in [-0.25, -0.2) is 15.0 Å². The number of anilines is 1. The maximum absolute atomic E-state index is 4.87. The number of fused-ring (bicyclic) bond motifs is 2. The van der Waals surface area contributed by atoms with Crippen molar-refractivity contribution in [1.82, 2.24) is 19.5 Å². The highest BCUT2D eigenvalue weighted by Crippen LogP contribution is 2.39. The van der Waals surface area contributed by atoms with E-state index in [9.17, 15) is 0 Å². The monoisotopic (exact) mass is 425 g/mol. The fourth-order valence-corrected chi connectivity index (χ4v) is 5.31. The summed E-state index contributed by atoms with van der Waals surface area (Å²) in [5.74, 6) is 2.64. The maximum Gasteiger partial charge on any atom is 0.143 e. The first kappa shape index (κ1) is 19.7. The zero-order valence-electron chi connectivity index (χ0n) is 18.8. The highest BCUT2D eigenvalue weighted by atomic mass is 15.1. The van der Waals surface area contributed by atoms with E-state index in [1.54, 1.807) is 6.33 Å². The minimum absolute atomic E-state index is 0.560. The van der Waals surface area contributed by atoms with Crippen LogP contribution in [0.15, 0.2) is 48.9 Å². The average Bonchev–Trinajstić information content (AvgIpc) is 3.34. The van der Waals surface area contributed by atoms with Gasteiger partial charge in [0.1, 0.15) is 17.8 Å². The van der Waals surface area contributed by atoms with Crippen LogP contribution in [-0.2, 0) is 6.42 Å². The predicted molar refractivity (Wildman–Crippen MR) is 130 cm³/mol. The summed E-state index contributed by atoms with van der Waals surface area (Å²) in [4.78, 5) is 13.8. The van der Waals surface area contributed by atoms with Gasteiger partial charge in [-0.2, -0.15) is 0 Å². The molecule has 2 atom stereocenters. The van der Waals surface area contributed by atoms with E-state index in [1.165, 1.54) is 54.9 Å². The molecule has 4 aromatic rings. The molecule has 164 valence electrons. The van der Waals surface area contributed by atoms with Gasteiger partial charge in [0.05, 0.1) is 11.2 Å². The van der Waals surface area contributed by atoms with Crippen molar-refractivity contribution < 1.29 is 0 Å². The van der Waals surface area contributed by atoms with Gasteiger partial charge in [0.25, 0.3) is 0 Å². The molecule has 3 heterocycles. The smallest absolute Gasteiger partial charge is 0.143 e. The number of hydrogen-bond acceptors (Lipinski definition) is 4. The molecule has 0 bridgehead atoms. The van der Waals surface area contributed by atoms with Gasteiger partial charge in [-0.1, -0.05) is 12.1 Å². The first-order chi connectivity index (χ1) is 15.7. The maximum atomic E-state index is 4.87. The van der Waals surface area contributed by atoms with Crippen LogP contribution in [-0.4, -0.2) is 26.1 Å². The fourth-order valence-electron chi connectivity index (χ4n) is 5.31. The van der Waals surface area contributed by atoms with Crippen LogP contribution in [0.5, 0.6) is 0 Å². The lowest BCUT2D eigenvalue weighted by Gasteiger charge is -2.14. The van der Waals surface area contributed by atoms with Crippen LogP contribution in [0.25, 0.3) is 21.9 Å². The van der Waals surface area contributed by atoms with Crippen LogP contribution in [0.3, 0.4) is 0 Å². The molecule has 5 heteroatoms. The lowest BCUT2D eigenvalue weighted by Crippen LogP contribution is -2.06. The van der Waals surface area contributed by atoms with Gasteiger partial charge >= 0.3 is 0 Å². The van der Waals surface area contributed by atoms with Crippen molar-refractivity contribution in [2.24, 2.45) is 11.8 Å². The molecule has 32 heavy (non-hydrogen) atoms. The lowest BCUT2D eigenvalue weighted by atomic mass is 9.97. The topological polar surface area (TPSA) is 55.6 Å². The highest BCUT2D eigenvalue weighted by molar-refractivity contribution is 5.81. The van der Waals surface area contributed by atoms with Gasteiger partial charge in [-0.05, 0) is 93.5 Å². The summed E-state index contributed by atoms with van der Waals surface area (Å²) < 4.78 is 2.39. The Kier molecular flexibility index (Phi) is 5.05. The summed E-state index contributed by atoms with van der Waals surface area (Å²) in [6.45, 7) is 3.12. The quantitative estimate of drug-likeness (QED) is 0.390. The molecule has 0 saturated heterocycles. The second-order valence-electron chi connectivity index (χ2n) is 9.84. The van der Waals surface area contributed by atoms with Crippen molar-refractivity contribution in [3.63, 3.8) is 0 Å². The summed E-state index contributed by atoms with van der Waals surface area (Å²) in [7, 11) is 0. The number of hydrogen-bond donors (Lipinski definition) is 1. The SMILES string of the molecule is Cc1ncnc2c1ccn2C1CCC(CCc2ccc3ccc(NCC4CC4)nc3c2)C1. The summed E-state index contributed by atoms with van der Waals surface area (Å²) in [6, 6.07) is 13.8. The van der Waals surface area contributed by atoms with Crippen molar-refractivity contribution in [3.8, 4) is 0 Å². The van der Waals surface area contributed by atoms with Crippen LogP contribution in [0, 0.1) is 18.8 Å². The summed E-state index contributed by atoms with van der Waals surface area (Å²) in [5, 5.41) is 5.92. The van der Waals surface area contributed by atoms with Gasteiger partial charge in [0, 0.05) is 29.6 Å². The number of pyridine rings is 1. The number of benzene rings is 1. The van der Waals surface area contributed by atoms with E-state index in [1.807, 2.05) is 0 Å². The summed E-state index contributed by atoms with van der Waals surface area (Å²) in [6.07, 6.45) is 12.8. The molecule has 0 aliphatic heterocycles. The molecular weight excluding hydrogens is 394 g/mol.